The molecule has 1 aromatic rings. The van der Waals surface area contributed by atoms with Gasteiger partial charge in [0.05, 0.1) is 12.3 Å². The molecule has 0 unspecified atom stereocenters. The van der Waals surface area contributed by atoms with Crippen LogP contribution in [0, 0.1) is 12.3 Å². The quantitative estimate of drug-likeness (QED) is 0.795. The molecule has 1 heterocycles. The lowest BCUT2D eigenvalue weighted by atomic mass is 10.1. The maximum atomic E-state index is 5.89. The molecule has 1 saturated carbocycles. The third kappa shape index (κ3) is 2.51. The number of hydrogen-bond donors (Lipinski definition) is 1. The van der Waals surface area contributed by atoms with E-state index in [4.69, 9.17) is 4.74 Å². The van der Waals surface area contributed by atoms with E-state index < -0.39 is 0 Å². The second kappa shape index (κ2) is 4.66. The highest BCUT2D eigenvalue weighted by molar-refractivity contribution is 7.80. The molecule has 0 aliphatic heterocycles. The summed E-state index contributed by atoms with van der Waals surface area (Å²) in [5.74, 6) is 1.87. The van der Waals surface area contributed by atoms with Gasteiger partial charge in [-0.25, -0.2) is 0 Å². The van der Waals surface area contributed by atoms with Crippen LogP contribution >= 0.6 is 12.6 Å². The largest absolute Gasteiger partial charge is 0.491 e. The summed E-state index contributed by atoms with van der Waals surface area (Å²) >= 11 is 4.38. The van der Waals surface area contributed by atoms with Gasteiger partial charge >= 0.3 is 0 Å². The van der Waals surface area contributed by atoms with Crippen LogP contribution in [0.3, 0.4) is 0 Å². The second-order valence-electron chi connectivity index (χ2n) is 4.70. The van der Waals surface area contributed by atoms with Crippen LogP contribution in [0.1, 0.15) is 31.2 Å². The van der Waals surface area contributed by atoms with Gasteiger partial charge in [0.1, 0.15) is 5.75 Å². The Morgan fingerprint density at radius 2 is 2.19 bits per heavy atom. The average molecular weight is 237 g/mol. The summed E-state index contributed by atoms with van der Waals surface area (Å²) in [4.78, 5) is 4.49. The Kier molecular flexibility index (Phi) is 3.43. The van der Waals surface area contributed by atoms with Crippen LogP contribution in [0.25, 0.3) is 0 Å². The number of hydrogen-bond acceptors (Lipinski definition) is 3. The van der Waals surface area contributed by atoms with Crippen molar-refractivity contribution in [2.45, 2.75) is 33.1 Å². The fourth-order valence-electron chi connectivity index (χ4n) is 1.74. The molecule has 2 nitrogen and oxygen atoms in total. The van der Waals surface area contributed by atoms with Gasteiger partial charge in [-0.2, -0.15) is 12.6 Å². The number of rotatable bonds is 5. The highest BCUT2D eigenvalue weighted by atomic mass is 32.1. The van der Waals surface area contributed by atoms with Gasteiger partial charge < -0.3 is 4.74 Å². The minimum absolute atomic E-state index is 0.346. The highest BCUT2D eigenvalue weighted by Crippen LogP contribution is 2.46. The Morgan fingerprint density at radius 3 is 2.75 bits per heavy atom. The number of ether oxygens (including phenoxy) is 1. The number of pyridine rings is 1. The lowest BCUT2D eigenvalue weighted by Crippen LogP contribution is -2.15. The minimum Gasteiger partial charge on any atom is -0.491 e. The Hall–Kier alpha value is -0.700. The van der Waals surface area contributed by atoms with Crippen molar-refractivity contribution >= 4 is 12.6 Å². The molecule has 0 atom stereocenters. The van der Waals surface area contributed by atoms with Crippen molar-refractivity contribution in [3.8, 4) is 5.75 Å². The van der Waals surface area contributed by atoms with E-state index in [0.717, 1.165) is 35.9 Å². The van der Waals surface area contributed by atoms with E-state index in [1.807, 2.05) is 19.1 Å². The van der Waals surface area contributed by atoms with Gasteiger partial charge in [-0.3, -0.25) is 4.98 Å². The fraction of sp³-hybridized carbons (Fsp3) is 0.615. The molecule has 0 aromatic carbocycles. The zero-order valence-corrected chi connectivity index (χ0v) is 10.9. The monoisotopic (exact) mass is 237 g/mol. The SMILES string of the molecule is CCc1nc(C)ccc1OCC1(CS)CC1. The molecular formula is C13H19NOS. The molecule has 3 heteroatoms. The first-order valence-electron chi connectivity index (χ1n) is 5.89. The standard InChI is InChI=1S/C13H19NOS/c1-3-11-12(5-4-10(2)14-11)15-8-13(9-16)6-7-13/h4-5,16H,3,6-9H2,1-2H3. The van der Waals surface area contributed by atoms with E-state index in [-0.39, 0.29) is 0 Å². The maximum absolute atomic E-state index is 5.89. The smallest absolute Gasteiger partial charge is 0.140 e. The van der Waals surface area contributed by atoms with E-state index in [2.05, 4.69) is 24.5 Å². The van der Waals surface area contributed by atoms with Crippen LogP contribution < -0.4 is 4.74 Å². The van der Waals surface area contributed by atoms with Crippen molar-refractivity contribution in [2.75, 3.05) is 12.4 Å². The average Bonchev–Trinajstić information content (AvgIpc) is 3.08. The molecule has 88 valence electrons. The Bertz CT molecular complexity index is 374. The zero-order chi connectivity index (χ0) is 11.6. The molecule has 1 aliphatic rings. The Balaban J connectivity index is 2.03. The summed E-state index contributed by atoms with van der Waals surface area (Å²) < 4.78 is 5.89. The summed E-state index contributed by atoms with van der Waals surface area (Å²) in [7, 11) is 0. The predicted octanol–water partition coefficient (Wildman–Crippen LogP) is 3.04. The number of thiol groups is 1. The highest BCUT2D eigenvalue weighted by Gasteiger charge is 2.42. The van der Waals surface area contributed by atoms with Crippen LogP contribution in [0.5, 0.6) is 5.75 Å². The minimum atomic E-state index is 0.346. The van der Waals surface area contributed by atoms with Gasteiger partial charge in [0.2, 0.25) is 0 Å². The molecule has 0 spiro atoms. The first-order chi connectivity index (χ1) is 7.69. The lowest BCUT2D eigenvalue weighted by Gasteiger charge is -2.15. The van der Waals surface area contributed by atoms with Crippen molar-refractivity contribution in [3.05, 3.63) is 23.5 Å². The molecule has 0 amide bonds. The fourth-order valence-corrected chi connectivity index (χ4v) is 2.15. The summed E-state index contributed by atoms with van der Waals surface area (Å²) in [5, 5.41) is 0. The van der Waals surface area contributed by atoms with Crippen LogP contribution in [0.4, 0.5) is 0 Å². The molecule has 0 bridgehead atoms. The molecule has 1 aromatic heterocycles. The normalized spacial score (nSPS) is 17.2. The first-order valence-corrected chi connectivity index (χ1v) is 6.52. The molecule has 2 rings (SSSR count). The number of nitrogens with zero attached hydrogens (tertiary/aromatic N) is 1. The molecule has 0 saturated heterocycles. The van der Waals surface area contributed by atoms with E-state index in [9.17, 15) is 0 Å². The first kappa shape index (κ1) is 11.8. The van der Waals surface area contributed by atoms with E-state index in [1.165, 1.54) is 12.8 Å². The number of aromatic nitrogens is 1. The van der Waals surface area contributed by atoms with Gasteiger partial charge in [-0.1, -0.05) is 6.92 Å². The number of aryl methyl sites for hydroxylation is 2. The molecule has 0 N–H and O–H groups in total. The Morgan fingerprint density at radius 1 is 1.44 bits per heavy atom. The lowest BCUT2D eigenvalue weighted by molar-refractivity contribution is 0.247. The van der Waals surface area contributed by atoms with Crippen molar-refractivity contribution < 1.29 is 4.74 Å². The van der Waals surface area contributed by atoms with Gasteiger partial charge in [0, 0.05) is 11.1 Å². The molecule has 16 heavy (non-hydrogen) atoms. The van der Waals surface area contributed by atoms with E-state index in [0.29, 0.717) is 5.41 Å². The maximum Gasteiger partial charge on any atom is 0.140 e. The third-order valence-corrected chi connectivity index (χ3v) is 3.90. The predicted molar refractivity (Wildman–Crippen MR) is 69.4 cm³/mol. The Labute approximate surface area is 103 Å². The van der Waals surface area contributed by atoms with E-state index in [1.54, 1.807) is 0 Å². The van der Waals surface area contributed by atoms with Crippen molar-refractivity contribution in [1.82, 2.24) is 4.98 Å². The van der Waals surface area contributed by atoms with E-state index >= 15 is 0 Å². The zero-order valence-electron chi connectivity index (χ0n) is 9.99. The summed E-state index contributed by atoms with van der Waals surface area (Å²) in [6.45, 7) is 4.91. The summed E-state index contributed by atoms with van der Waals surface area (Å²) in [5.41, 5.74) is 2.47. The van der Waals surface area contributed by atoms with Gasteiger partial charge in [0.25, 0.3) is 0 Å². The van der Waals surface area contributed by atoms with Gasteiger partial charge in [-0.15, -0.1) is 0 Å². The molecule has 1 fully saturated rings. The van der Waals surface area contributed by atoms with Gasteiger partial charge in [0.15, 0.2) is 0 Å². The summed E-state index contributed by atoms with van der Waals surface area (Å²) in [6.07, 6.45) is 3.42. The van der Waals surface area contributed by atoms with Gasteiger partial charge in [-0.05, 0) is 44.1 Å². The molecule has 0 radical (unpaired) electrons. The molecular weight excluding hydrogens is 218 g/mol. The topological polar surface area (TPSA) is 22.1 Å². The molecule has 1 aliphatic carbocycles. The van der Waals surface area contributed by atoms with Crippen molar-refractivity contribution in [3.63, 3.8) is 0 Å². The van der Waals surface area contributed by atoms with Crippen molar-refractivity contribution in [2.24, 2.45) is 5.41 Å². The van der Waals surface area contributed by atoms with Crippen LogP contribution in [-0.2, 0) is 6.42 Å². The second-order valence-corrected chi connectivity index (χ2v) is 5.01. The van der Waals surface area contributed by atoms with Crippen LogP contribution in [0.15, 0.2) is 12.1 Å². The van der Waals surface area contributed by atoms with Crippen LogP contribution in [-0.4, -0.2) is 17.3 Å². The summed E-state index contributed by atoms with van der Waals surface area (Å²) in [6, 6.07) is 4.05. The third-order valence-electron chi connectivity index (χ3n) is 3.23. The van der Waals surface area contributed by atoms with Crippen LogP contribution in [0.2, 0.25) is 0 Å². The van der Waals surface area contributed by atoms with Crippen molar-refractivity contribution in [1.29, 1.82) is 0 Å².